The van der Waals surface area contributed by atoms with Gasteiger partial charge >= 0.3 is 5.97 Å². The molecule has 38 heavy (non-hydrogen) atoms. The van der Waals surface area contributed by atoms with Crippen LogP contribution in [0.1, 0.15) is 37.8 Å². The second kappa shape index (κ2) is 14.1. The minimum atomic E-state index is -3.26. The molecule has 0 aromatic heterocycles. The van der Waals surface area contributed by atoms with E-state index < -0.39 is 15.4 Å². The van der Waals surface area contributed by atoms with E-state index in [2.05, 4.69) is 6.92 Å². The Hall–Kier alpha value is -3.23. The zero-order valence-corrected chi connectivity index (χ0v) is 23.4. The Bertz CT molecular complexity index is 1290. The quantitative estimate of drug-likeness (QED) is 0.167. The summed E-state index contributed by atoms with van der Waals surface area (Å²) in [5, 5.41) is 0. The van der Waals surface area contributed by atoms with Crippen LogP contribution in [0.4, 0.5) is 0 Å². The van der Waals surface area contributed by atoms with Crippen LogP contribution in [0, 0.1) is 0 Å². The molecular weight excluding hydrogens is 528 g/mol. The lowest BCUT2D eigenvalue weighted by Crippen LogP contribution is -2.14. The van der Waals surface area contributed by atoms with Gasteiger partial charge in [0.15, 0.2) is 15.4 Å². The lowest BCUT2D eigenvalue weighted by Gasteiger charge is -2.16. The number of hydrogen-bond acceptors (Lipinski definition) is 7. The van der Waals surface area contributed by atoms with Crippen LogP contribution in [-0.2, 0) is 32.2 Å². The predicted octanol–water partition coefficient (Wildman–Crippen LogP) is 6.35. The Morgan fingerprint density at radius 1 is 0.921 bits per heavy atom. The maximum Gasteiger partial charge on any atom is 0.310 e. The van der Waals surface area contributed by atoms with E-state index in [1.807, 2.05) is 30.3 Å². The van der Waals surface area contributed by atoms with Crippen molar-refractivity contribution in [2.75, 3.05) is 19.5 Å². The number of sulfone groups is 1. The highest BCUT2D eigenvalue weighted by Gasteiger charge is 2.12. The van der Waals surface area contributed by atoms with Crippen LogP contribution in [0.2, 0.25) is 0 Å². The van der Waals surface area contributed by atoms with E-state index in [0.29, 0.717) is 36.9 Å². The largest absolute Gasteiger partial charge is 0.493 e. The Kier molecular flexibility index (Phi) is 10.9. The first kappa shape index (κ1) is 29.3. The molecule has 0 N–H and O–H groups in total. The van der Waals surface area contributed by atoms with Gasteiger partial charge in [-0.3, -0.25) is 4.79 Å². The smallest absolute Gasteiger partial charge is 0.310 e. The molecule has 0 spiro atoms. The third kappa shape index (κ3) is 9.26. The number of carbonyl (C=O) groups is 1. The summed E-state index contributed by atoms with van der Waals surface area (Å²) in [4.78, 5) is 11.8. The number of hydrogen-bond donors (Lipinski definition) is 0. The van der Waals surface area contributed by atoms with E-state index in [1.165, 1.54) is 18.4 Å². The topological polar surface area (TPSA) is 88.1 Å². The van der Waals surface area contributed by atoms with Crippen molar-refractivity contribution in [2.24, 2.45) is 0 Å². The molecule has 0 fully saturated rings. The SMILES string of the molecule is CCCc1cc(Oc2ccc(S(C)(=O)=O)cc2)ccc1OCCC(Cl)Oc1ccc(CC(=O)OCC)cc1. The number of ether oxygens (including phenoxy) is 4. The number of aryl methyl sites for hydroxylation is 1. The molecule has 0 amide bonds. The highest BCUT2D eigenvalue weighted by Crippen LogP contribution is 2.30. The Morgan fingerprint density at radius 2 is 1.58 bits per heavy atom. The number of halogens is 1. The number of carbonyl (C=O) groups excluding carboxylic acids is 1. The lowest BCUT2D eigenvalue weighted by atomic mass is 10.1. The van der Waals surface area contributed by atoms with Crippen molar-refractivity contribution in [1.29, 1.82) is 0 Å². The molecule has 0 radical (unpaired) electrons. The Balaban J connectivity index is 1.53. The molecule has 1 atom stereocenters. The van der Waals surface area contributed by atoms with E-state index in [1.54, 1.807) is 31.2 Å². The highest BCUT2D eigenvalue weighted by molar-refractivity contribution is 7.90. The van der Waals surface area contributed by atoms with Crippen LogP contribution >= 0.6 is 11.6 Å². The monoisotopic (exact) mass is 560 g/mol. The Morgan fingerprint density at radius 3 is 2.21 bits per heavy atom. The fourth-order valence-corrected chi connectivity index (χ4v) is 4.47. The molecule has 0 heterocycles. The molecule has 3 aromatic carbocycles. The van der Waals surface area contributed by atoms with Gasteiger partial charge in [0.1, 0.15) is 23.0 Å². The average molecular weight is 561 g/mol. The second-order valence-corrected chi connectivity index (χ2v) is 11.2. The number of esters is 1. The summed E-state index contributed by atoms with van der Waals surface area (Å²) in [5.74, 6) is 2.27. The van der Waals surface area contributed by atoms with Gasteiger partial charge in [-0.25, -0.2) is 8.42 Å². The van der Waals surface area contributed by atoms with Crippen LogP contribution in [0.15, 0.2) is 71.6 Å². The molecule has 7 nitrogen and oxygen atoms in total. The van der Waals surface area contributed by atoms with Gasteiger partial charge in [-0.1, -0.05) is 37.1 Å². The van der Waals surface area contributed by atoms with Gasteiger partial charge in [-0.05, 0) is 79.1 Å². The van der Waals surface area contributed by atoms with Gasteiger partial charge in [-0.15, -0.1) is 0 Å². The average Bonchev–Trinajstić information content (AvgIpc) is 2.87. The van der Waals surface area contributed by atoms with Crippen molar-refractivity contribution in [3.63, 3.8) is 0 Å². The summed E-state index contributed by atoms with van der Waals surface area (Å²) in [6.45, 7) is 4.58. The normalized spacial score (nSPS) is 12.0. The molecule has 0 aliphatic carbocycles. The van der Waals surface area contributed by atoms with Crippen LogP contribution in [0.5, 0.6) is 23.0 Å². The predicted molar refractivity (Wildman–Crippen MR) is 147 cm³/mol. The van der Waals surface area contributed by atoms with Gasteiger partial charge in [0.25, 0.3) is 0 Å². The summed E-state index contributed by atoms with van der Waals surface area (Å²) in [7, 11) is -3.26. The number of alkyl halides is 1. The van der Waals surface area contributed by atoms with E-state index in [4.69, 9.17) is 30.5 Å². The first-order valence-corrected chi connectivity index (χ1v) is 14.8. The molecule has 3 rings (SSSR count). The minimum Gasteiger partial charge on any atom is -0.493 e. The lowest BCUT2D eigenvalue weighted by molar-refractivity contribution is -0.142. The van der Waals surface area contributed by atoms with Crippen molar-refractivity contribution in [1.82, 2.24) is 0 Å². The third-order valence-corrected chi connectivity index (χ3v) is 6.92. The van der Waals surface area contributed by atoms with E-state index in [9.17, 15) is 13.2 Å². The van der Waals surface area contributed by atoms with Crippen molar-refractivity contribution < 1.29 is 32.2 Å². The minimum absolute atomic E-state index is 0.214. The maximum atomic E-state index is 11.7. The van der Waals surface area contributed by atoms with Gasteiger partial charge in [-0.2, -0.15) is 0 Å². The van der Waals surface area contributed by atoms with Gasteiger partial charge < -0.3 is 18.9 Å². The summed E-state index contributed by atoms with van der Waals surface area (Å²) in [6, 6.07) is 19.1. The number of benzene rings is 3. The molecule has 0 aliphatic heterocycles. The third-order valence-electron chi connectivity index (χ3n) is 5.48. The van der Waals surface area contributed by atoms with Gasteiger partial charge in [0.05, 0.1) is 24.5 Å². The molecule has 0 aliphatic rings. The summed E-state index contributed by atoms with van der Waals surface area (Å²) < 4.78 is 46.0. The molecular formula is C29H33ClO7S. The summed E-state index contributed by atoms with van der Waals surface area (Å²) >= 11 is 6.37. The van der Waals surface area contributed by atoms with Crippen LogP contribution in [0.3, 0.4) is 0 Å². The first-order valence-electron chi connectivity index (χ1n) is 12.5. The fraction of sp³-hybridized carbons (Fsp3) is 0.345. The van der Waals surface area contributed by atoms with E-state index in [-0.39, 0.29) is 17.3 Å². The van der Waals surface area contributed by atoms with Crippen LogP contribution in [-0.4, -0.2) is 39.4 Å². The molecule has 204 valence electrons. The Labute approximate surface area is 229 Å². The molecule has 3 aromatic rings. The molecule has 0 saturated heterocycles. The molecule has 1 unspecified atom stereocenters. The van der Waals surface area contributed by atoms with E-state index >= 15 is 0 Å². The van der Waals surface area contributed by atoms with Crippen molar-refractivity contribution in [2.45, 2.75) is 50.0 Å². The van der Waals surface area contributed by atoms with Crippen molar-refractivity contribution >= 4 is 27.4 Å². The molecule has 0 bridgehead atoms. The zero-order valence-electron chi connectivity index (χ0n) is 21.8. The van der Waals surface area contributed by atoms with Crippen LogP contribution < -0.4 is 14.2 Å². The molecule has 0 saturated carbocycles. The fourth-order valence-electron chi connectivity index (χ4n) is 3.65. The molecule has 9 heteroatoms. The maximum absolute atomic E-state index is 11.7. The van der Waals surface area contributed by atoms with Crippen LogP contribution in [0.25, 0.3) is 0 Å². The zero-order chi connectivity index (χ0) is 27.5. The second-order valence-electron chi connectivity index (χ2n) is 8.66. The van der Waals surface area contributed by atoms with Crippen molar-refractivity contribution in [3.8, 4) is 23.0 Å². The van der Waals surface area contributed by atoms with Gasteiger partial charge in [0.2, 0.25) is 0 Å². The first-order chi connectivity index (χ1) is 18.2. The number of rotatable bonds is 14. The standard InChI is InChI=1S/C29H33ClO7S/c1-4-6-22-20-25(36-23-11-14-26(15-12-23)38(3,32)33)13-16-27(22)35-18-17-28(30)37-24-9-7-21(8-10-24)19-29(31)34-5-2/h7-16,20,28H,4-6,17-19H2,1-3H3. The van der Waals surface area contributed by atoms with E-state index in [0.717, 1.165) is 29.7 Å². The van der Waals surface area contributed by atoms with Crippen molar-refractivity contribution in [3.05, 3.63) is 77.9 Å². The summed E-state index contributed by atoms with van der Waals surface area (Å²) in [6.07, 6.45) is 3.58. The highest BCUT2D eigenvalue weighted by atomic mass is 35.5. The van der Waals surface area contributed by atoms with Gasteiger partial charge in [0, 0.05) is 12.7 Å². The summed E-state index contributed by atoms with van der Waals surface area (Å²) in [5.41, 5.74) is 1.26.